The summed E-state index contributed by atoms with van der Waals surface area (Å²) in [6.07, 6.45) is 0.231. The molecule has 0 aliphatic carbocycles. The third kappa shape index (κ3) is 15.1. The molecule has 0 aliphatic heterocycles. The molecule has 0 aromatic carbocycles. The first-order valence-corrected chi connectivity index (χ1v) is 10.8. The first kappa shape index (κ1) is 30.2. The van der Waals surface area contributed by atoms with Crippen molar-refractivity contribution in [1.29, 1.82) is 0 Å². The molecule has 0 rings (SSSR count). The van der Waals surface area contributed by atoms with Gasteiger partial charge in [0.15, 0.2) is 0 Å². The molecule has 188 valence electrons. The molecular formula is C20H39N3O9. The fraction of sp³-hybridized carbons (Fsp3) is 0.850. The molecule has 4 atom stereocenters. The first-order chi connectivity index (χ1) is 15.2. The Labute approximate surface area is 188 Å². The minimum absolute atomic E-state index is 0.118. The zero-order valence-electron chi connectivity index (χ0n) is 19.0. The largest absolute Gasteiger partial charge is 0.469 e. The number of nitrogens with two attached hydrogens (primary N) is 2. The normalized spacial score (nSPS) is 14.8. The van der Waals surface area contributed by atoms with E-state index in [-0.39, 0.29) is 26.4 Å². The summed E-state index contributed by atoms with van der Waals surface area (Å²) in [5.41, 5.74) is 11.2. The Morgan fingerprint density at radius 1 is 1.00 bits per heavy atom. The van der Waals surface area contributed by atoms with Crippen LogP contribution in [0.4, 0.5) is 0 Å². The molecular weight excluding hydrogens is 426 g/mol. The lowest BCUT2D eigenvalue weighted by Crippen LogP contribution is -2.50. The lowest BCUT2D eigenvalue weighted by molar-refractivity contribution is -0.155. The van der Waals surface area contributed by atoms with Crippen molar-refractivity contribution in [2.24, 2.45) is 11.5 Å². The molecule has 0 bridgehead atoms. The van der Waals surface area contributed by atoms with E-state index in [1.165, 1.54) is 0 Å². The Morgan fingerprint density at radius 3 is 2.19 bits per heavy atom. The van der Waals surface area contributed by atoms with Gasteiger partial charge in [0.1, 0.15) is 18.8 Å². The van der Waals surface area contributed by atoms with Gasteiger partial charge in [-0.1, -0.05) is 13.3 Å². The fourth-order valence-electron chi connectivity index (χ4n) is 2.36. The van der Waals surface area contributed by atoms with Crippen LogP contribution in [0.15, 0.2) is 0 Å². The Balaban J connectivity index is 4.41. The van der Waals surface area contributed by atoms with Gasteiger partial charge in [0.05, 0.1) is 52.1 Å². The molecule has 1 amide bonds. The number of aliphatic hydroxyl groups is 2. The maximum absolute atomic E-state index is 12.3. The molecule has 0 heterocycles. The van der Waals surface area contributed by atoms with E-state index < -0.39 is 55.2 Å². The van der Waals surface area contributed by atoms with Crippen molar-refractivity contribution in [2.75, 3.05) is 46.7 Å². The number of esters is 2. The Morgan fingerprint density at radius 2 is 1.62 bits per heavy atom. The van der Waals surface area contributed by atoms with Crippen LogP contribution < -0.4 is 16.8 Å². The third-order valence-corrected chi connectivity index (χ3v) is 4.39. The van der Waals surface area contributed by atoms with Gasteiger partial charge in [0.2, 0.25) is 5.91 Å². The highest BCUT2D eigenvalue weighted by Gasteiger charge is 2.28. The van der Waals surface area contributed by atoms with Crippen LogP contribution in [-0.4, -0.2) is 99.0 Å². The number of hydrogen-bond donors (Lipinski definition) is 5. The average molecular weight is 466 g/mol. The minimum atomic E-state index is -1.30. The highest BCUT2D eigenvalue weighted by Crippen LogP contribution is 2.03. The van der Waals surface area contributed by atoms with E-state index in [2.05, 4.69) is 10.1 Å². The topological polar surface area (TPSA) is 193 Å². The Bertz CT molecular complexity index is 536. The van der Waals surface area contributed by atoms with Gasteiger partial charge in [-0.15, -0.1) is 0 Å². The lowest BCUT2D eigenvalue weighted by atomic mass is 10.1. The Hall–Kier alpha value is -1.83. The van der Waals surface area contributed by atoms with Crippen molar-refractivity contribution in [1.82, 2.24) is 5.32 Å². The number of amides is 1. The molecule has 0 saturated heterocycles. The average Bonchev–Trinajstić information content (AvgIpc) is 2.78. The highest BCUT2D eigenvalue weighted by atomic mass is 16.6. The summed E-state index contributed by atoms with van der Waals surface area (Å²) in [4.78, 5) is 36.1. The SMILES string of the molecule is CCC(O)COCCOCC(O)COC(=O)C(CC(=O)OC)NC(=O)C(N)CCCCN. The number of carbonyl (C=O) groups excluding carboxylic acids is 3. The van der Waals surface area contributed by atoms with Crippen molar-refractivity contribution < 1.29 is 43.5 Å². The van der Waals surface area contributed by atoms with Gasteiger partial charge < -0.3 is 45.9 Å². The van der Waals surface area contributed by atoms with Gasteiger partial charge in [-0.25, -0.2) is 4.79 Å². The van der Waals surface area contributed by atoms with Crippen LogP contribution in [0.3, 0.4) is 0 Å². The number of carbonyl (C=O) groups is 3. The number of unbranched alkanes of at least 4 members (excludes halogenated alkanes) is 1. The van der Waals surface area contributed by atoms with Gasteiger partial charge in [-0.3, -0.25) is 9.59 Å². The highest BCUT2D eigenvalue weighted by molar-refractivity contribution is 5.90. The van der Waals surface area contributed by atoms with Crippen LogP contribution in [0.2, 0.25) is 0 Å². The van der Waals surface area contributed by atoms with Crippen molar-refractivity contribution in [2.45, 2.75) is 63.3 Å². The molecule has 4 unspecified atom stereocenters. The molecule has 0 aliphatic rings. The summed E-state index contributed by atoms with van der Waals surface area (Å²) in [5, 5.41) is 21.6. The number of aliphatic hydroxyl groups excluding tert-OH is 2. The van der Waals surface area contributed by atoms with Crippen LogP contribution in [0, 0.1) is 0 Å². The van der Waals surface area contributed by atoms with Crippen LogP contribution in [0.25, 0.3) is 0 Å². The summed E-state index contributed by atoms with van der Waals surface area (Å²) < 4.78 is 19.9. The van der Waals surface area contributed by atoms with E-state index in [4.69, 9.17) is 25.7 Å². The summed E-state index contributed by atoms with van der Waals surface area (Å²) in [6.45, 7) is 2.42. The number of hydrogen-bond acceptors (Lipinski definition) is 11. The van der Waals surface area contributed by atoms with Crippen LogP contribution in [-0.2, 0) is 33.3 Å². The van der Waals surface area contributed by atoms with Crippen molar-refractivity contribution >= 4 is 17.8 Å². The Kier molecular flexibility index (Phi) is 17.6. The molecule has 12 nitrogen and oxygen atoms in total. The first-order valence-electron chi connectivity index (χ1n) is 10.8. The molecule has 0 saturated carbocycles. The van der Waals surface area contributed by atoms with E-state index >= 15 is 0 Å². The molecule has 0 aromatic heterocycles. The van der Waals surface area contributed by atoms with Crippen molar-refractivity contribution in [3.05, 3.63) is 0 Å². The second-order valence-corrected chi connectivity index (χ2v) is 7.23. The fourth-order valence-corrected chi connectivity index (χ4v) is 2.36. The standard InChI is InChI=1S/C20H39N3O9/c1-3-14(24)11-30-8-9-31-12-15(25)13-32-20(28)17(10-18(26)29-2)23-19(27)16(22)6-4-5-7-21/h14-17,24-25H,3-13,21-22H2,1-2H3,(H,23,27). The molecule has 12 heteroatoms. The second-order valence-electron chi connectivity index (χ2n) is 7.23. The van der Waals surface area contributed by atoms with E-state index in [0.29, 0.717) is 32.2 Å². The van der Waals surface area contributed by atoms with Gasteiger partial charge in [0.25, 0.3) is 0 Å². The van der Waals surface area contributed by atoms with Crippen molar-refractivity contribution in [3.8, 4) is 0 Å². The van der Waals surface area contributed by atoms with E-state index in [9.17, 15) is 24.6 Å². The number of ether oxygens (including phenoxy) is 4. The molecule has 0 radical (unpaired) electrons. The summed E-state index contributed by atoms with van der Waals surface area (Å²) in [5.74, 6) is -2.24. The summed E-state index contributed by atoms with van der Waals surface area (Å²) in [6, 6.07) is -2.17. The molecule has 32 heavy (non-hydrogen) atoms. The van der Waals surface area contributed by atoms with Gasteiger partial charge in [-0.2, -0.15) is 0 Å². The predicted molar refractivity (Wildman–Crippen MR) is 114 cm³/mol. The predicted octanol–water partition coefficient (Wildman–Crippen LogP) is -1.80. The van der Waals surface area contributed by atoms with Gasteiger partial charge in [0, 0.05) is 0 Å². The summed E-state index contributed by atoms with van der Waals surface area (Å²) >= 11 is 0. The lowest BCUT2D eigenvalue weighted by Gasteiger charge is -2.20. The van der Waals surface area contributed by atoms with E-state index in [1.807, 2.05) is 6.92 Å². The third-order valence-electron chi connectivity index (χ3n) is 4.39. The number of methoxy groups -OCH3 is 1. The van der Waals surface area contributed by atoms with Crippen LogP contribution in [0.5, 0.6) is 0 Å². The van der Waals surface area contributed by atoms with Crippen LogP contribution >= 0.6 is 0 Å². The van der Waals surface area contributed by atoms with E-state index in [0.717, 1.165) is 7.11 Å². The zero-order chi connectivity index (χ0) is 24.4. The van der Waals surface area contributed by atoms with Crippen molar-refractivity contribution in [3.63, 3.8) is 0 Å². The zero-order valence-corrected chi connectivity index (χ0v) is 19.0. The number of rotatable bonds is 19. The monoisotopic (exact) mass is 465 g/mol. The maximum Gasteiger partial charge on any atom is 0.329 e. The van der Waals surface area contributed by atoms with Crippen LogP contribution in [0.1, 0.15) is 39.0 Å². The van der Waals surface area contributed by atoms with E-state index in [1.54, 1.807) is 0 Å². The molecule has 0 spiro atoms. The maximum atomic E-state index is 12.3. The second kappa shape index (κ2) is 18.7. The smallest absolute Gasteiger partial charge is 0.329 e. The molecule has 7 N–H and O–H groups in total. The molecule has 0 fully saturated rings. The number of nitrogens with one attached hydrogen (secondary N) is 1. The summed E-state index contributed by atoms with van der Waals surface area (Å²) in [7, 11) is 1.15. The minimum Gasteiger partial charge on any atom is -0.469 e. The van der Waals surface area contributed by atoms with Gasteiger partial charge in [-0.05, 0) is 25.8 Å². The molecule has 0 aromatic rings. The quantitative estimate of drug-likeness (QED) is 0.107. The van der Waals surface area contributed by atoms with Gasteiger partial charge >= 0.3 is 11.9 Å².